The number of rotatable bonds is 10. The smallest absolute Gasteiger partial charge is 0.240 e. The number of aromatic nitrogens is 6. The molecule has 3 rings (SSSR count). The van der Waals surface area contributed by atoms with Gasteiger partial charge in [0, 0.05) is 13.0 Å². The Balaban J connectivity index is 1.75. The number of tetrazole rings is 1. The van der Waals surface area contributed by atoms with Gasteiger partial charge in [0.15, 0.2) is 11.0 Å². The average Bonchev–Trinajstić information content (AvgIpc) is 3.33. The molecular weight excluding hydrogens is 418 g/mol. The Bertz CT molecular complexity index is 1030. The minimum atomic E-state index is -3.71. The zero-order chi connectivity index (χ0) is 20.9. The van der Waals surface area contributed by atoms with E-state index in [1.807, 2.05) is 4.57 Å². The number of unbranched alkanes of at least 4 members (excludes halogenated alkanes) is 1. The van der Waals surface area contributed by atoms with E-state index < -0.39 is 10.0 Å². The zero-order valence-corrected chi connectivity index (χ0v) is 17.4. The van der Waals surface area contributed by atoms with Crippen LogP contribution in [0.4, 0.5) is 0 Å². The van der Waals surface area contributed by atoms with Crippen molar-refractivity contribution >= 4 is 21.6 Å². The number of nitrogens with one attached hydrogen (secondary N) is 2. The van der Waals surface area contributed by atoms with Crippen molar-refractivity contribution in [2.24, 2.45) is 0 Å². The van der Waals surface area contributed by atoms with Gasteiger partial charge in [0.2, 0.25) is 10.0 Å². The minimum Gasteiger partial charge on any atom is -0.390 e. The van der Waals surface area contributed by atoms with Crippen LogP contribution in [0.5, 0.6) is 0 Å². The Hall–Kier alpha value is -2.34. The zero-order valence-electron chi connectivity index (χ0n) is 15.8. The summed E-state index contributed by atoms with van der Waals surface area (Å²) < 4.78 is 29.1. The van der Waals surface area contributed by atoms with E-state index in [1.165, 1.54) is 12.1 Å². The predicted molar refractivity (Wildman–Crippen MR) is 106 cm³/mol. The number of H-pyrrole nitrogens is 1. The van der Waals surface area contributed by atoms with E-state index in [1.54, 1.807) is 12.1 Å². The number of imidazole rings is 1. The van der Waals surface area contributed by atoms with Gasteiger partial charge in [0.25, 0.3) is 0 Å². The molecule has 29 heavy (non-hydrogen) atoms. The summed E-state index contributed by atoms with van der Waals surface area (Å²) >= 11 is 6.16. The molecule has 0 saturated carbocycles. The number of aliphatic hydroxyl groups excluding tert-OH is 1. The summed E-state index contributed by atoms with van der Waals surface area (Å²) in [5.74, 6) is 1.05. The normalized spacial score (nSPS) is 11.8. The fourth-order valence-electron chi connectivity index (χ4n) is 2.83. The Morgan fingerprint density at radius 2 is 2.03 bits per heavy atom. The van der Waals surface area contributed by atoms with Gasteiger partial charge in [-0.3, -0.25) is 0 Å². The molecule has 10 nitrogen and oxygen atoms in total. The van der Waals surface area contributed by atoms with Gasteiger partial charge in [0.1, 0.15) is 5.82 Å². The van der Waals surface area contributed by atoms with E-state index in [4.69, 9.17) is 11.6 Å². The van der Waals surface area contributed by atoms with Crippen molar-refractivity contribution < 1.29 is 13.5 Å². The van der Waals surface area contributed by atoms with Gasteiger partial charge in [-0.1, -0.05) is 42.3 Å². The molecule has 0 aliphatic rings. The van der Waals surface area contributed by atoms with Gasteiger partial charge < -0.3 is 9.67 Å². The molecule has 0 spiro atoms. The number of aryl methyl sites for hydroxylation is 1. The van der Waals surface area contributed by atoms with Gasteiger partial charge in [0.05, 0.1) is 23.7 Å². The maximum Gasteiger partial charge on any atom is 0.240 e. The SMILES string of the molecule is CCCCc1nc(Cl)c(CO)n1Cc1ccc(S(=O)(=O)NCc2nn[nH]n2)cc1. The molecule has 0 aliphatic carbocycles. The molecule has 0 atom stereocenters. The van der Waals surface area contributed by atoms with Gasteiger partial charge in [-0.05, 0) is 24.1 Å². The van der Waals surface area contributed by atoms with Gasteiger partial charge in [-0.2, -0.15) is 5.21 Å². The van der Waals surface area contributed by atoms with Crippen LogP contribution in [0.25, 0.3) is 0 Å². The van der Waals surface area contributed by atoms with E-state index in [2.05, 4.69) is 37.3 Å². The van der Waals surface area contributed by atoms with Crippen molar-refractivity contribution in [2.75, 3.05) is 0 Å². The van der Waals surface area contributed by atoms with Crippen LogP contribution in [0, 0.1) is 0 Å². The van der Waals surface area contributed by atoms with Crippen molar-refractivity contribution in [2.45, 2.75) is 50.8 Å². The van der Waals surface area contributed by atoms with Crippen molar-refractivity contribution in [1.29, 1.82) is 0 Å². The van der Waals surface area contributed by atoms with E-state index in [-0.39, 0.29) is 23.9 Å². The standard InChI is InChI=1S/C17H22ClN7O3S/c1-2-3-4-16-20-17(18)14(11-26)25(16)10-12-5-7-13(8-6-12)29(27,28)19-9-15-21-23-24-22-15/h5-8,19,26H,2-4,9-11H2,1H3,(H,21,22,23,24). The summed E-state index contributed by atoms with van der Waals surface area (Å²) in [5, 5.41) is 23.0. The van der Waals surface area contributed by atoms with Crippen LogP contribution in [0.15, 0.2) is 29.2 Å². The number of aromatic amines is 1. The predicted octanol–water partition coefficient (Wildman–Crippen LogP) is 1.41. The Labute approximate surface area is 173 Å². The van der Waals surface area contributed by atoms with E-state index in [0.29, 0.717) is 17.4 Å². The molecule has 3 aromatic rings. The van der Waals surface area contributed by atoms with Crippen molar-refractivity contribution in [3.05, 3.63) is 52.3 Å². The number of nitrogens with zero attached hydrogens (tertiary/aromatic N) is 5. The number of hydrogen-bond donors (Lipinski definition) is 3. The lowest BCUT2D eigenvalue weighted by atomic mass is 10.2. The summed E-state index contributed by atoms with van der Waals surface area (Å²) in [6, 6.07) is 6.50. The third-order valence-electron chi connectivity index (χ3n) is 4.39. The first-order valence-electron chi connectivity index (χ1n) is 9.10. The first-order chi connectivity index (χ1) is 13.9. The first-order valence-corrected chi connectivity index (χ1v) is 11.0. The molecule has 0 saturated heterocycles. The molecule has 156 valence electrons. The van der Waals surface area contributed by atoms with Crippen LogP contribution in [0.3, 0.4) is 0 Å². The molecule has 0 aliphatic heterocycles. The molecule has 0 radical (unpaired) electrons. The van der Waals surface area contributed by atoms with Crippen LogP contribution in [0.2, 0.25) is 5.15 Å². The maximum atomic E-state index is 12.4. The lowest BCUT2D eigenvalue weighted by Crippen LogP contribution is -2.23. The minimum absolute atomic E-state index is 0.0607. The van der Waals surface area contributed by atoms with Gasteiger partial charge >= 0.3 is 0 Å². The van der Waals surface area contributed by atoms with E-state index >= 15 is 0 Å². The second kappa shape index (κ2) is 9.44. The molecule has 1 aromatic carbocycles. The monoisotopic (exact) mass is 439 g/mol. The fraction of sp³-hybridized carbons (Fsp3) is 0.412. The largest absolute Gasteiger partial charge is 0.390 e. The molecule has 3 N–H and O–H groups in total. The summed E-state index contributed by atoms with van der Waals surface area (Å²) in [5.41, 5.74) is 1.42. The Kier molecular flexibility index (Phi) is 6.96. The van der Waals surface area contributed by atoms with Crippen LogP contribution < -0.4 is 4.72 Å². The lowest BCUT2D eigenvalue weighted by molar-refractivity contribution is 0.271. The molecule has 0 unspecified atom stereocenters. The first kappa shape index (κ1) is 21.4. The highest BCUT2D eigenvalue weighted by atomic mass is 35.5. The topological polar surface area (TPSA) is 139 Å². The summed E-state index contributed by atoms with van der Waals surface area (Å²) in [6.07, 6.45) is 2.73. The quantitative estimate of drug-likeness (QED) is 0.434. The highest BCUT2D eigenvalue weighted by molar-refractivity contribution is 7.89. The number of halogens is 1. The number of sulfonamides is 1. The maximum absolute atomic E-state index is 12.4. The third kappa shape index (κ3) is 5.18. The average molecular weight is 440 g/mol. The fourth-order valence-corrected chi connectivity index (χ4v) is 4.06. The summed E-state index contributed by atoms with van der Waals surface area (Å²) in [6.45, 7) is 2.25. The van der Waals surface area contributed by atoms with E-state index in [0.717, 1.165) is 30.7 Å². The highest BCUT2D eigenvalue weighted by Crippen LogP contribution is 2.21. The molecule has 0 amide bonds. The molecule has 0 fully saturated rings. The van der Waals surface area contributed by atoms with Crippen LogP contribution in [-0.4, -0.2) is 43.7 Å². The highest BCUT2D eigenvalue weighted by Gasteiger charge is 2.17. The van der Waals surface area contributed by atoms with Gasteiger partial charge in [-0.15, -0.1) is 10.2 Å². The number of hydrogen-bond acceptors (Lipinski definition) is 7. The van der Waals surface area contributed by atoms with Crippen LogP contribution in [-0.2, 0) is 36.1 Å². The Morgan fingerprint density at radius 3 is 2.66 bits per heavy atom. The second-order valence-electron chi connectivity index (χ2n) is 6.41. The molecule has 2 heterocycles. The van der Waals surface area contributed by atoms with Crippen molar-refractivity contribution in [1.82, 2.24) is 34.9 Å². The number of aliphatic hydroxyl groups is 1. The lowest BCUT2D eigenvalue weighted by Gasteiger charge is -2.12. The number of benzene rings is 1. The van der Waals surface area contributed by atoms with Crippen molar-refractivity contribution in [3.63, 3.8) is 0 Å². The van der Waals surface area contributed by atoms with Crippen LogP contribution in [0.1, 0.15) is 42.7 Å². The van der Waals surface area contributed by atoms with E-state index in [9.17, 15) is 13.5 Å². The van der Waals surface area contributed by atoms with Crippen LogP contribution >= 0.6 is 11.6 Å². The summed E-state index contributed by atoms with van der Waals surface area (Å²) in [7, 11) is -3.71. The molecular formula is C17H22ClN7O3S. The van der Waals surface area contributed by atoms with Crippen molar-refractivity contribution in [3.8, 4) is 0 Å². The second-order valence-corrected chi connectivity index (χ2v) is 8.53. The summed E-state index contributed by atoms with van der Waals surface area (Å²) in [4.78, 5) is 4.49. The third-order valence-corrected chi connectivity index (χ3v) is 6.11. The van der Waals surface area contributed by atoms with Gasteiger partial charge in [-0.25, -0.2) is 18.1 Å². The molecule has 2 aromatic heterocycles. The molecule has 0 bridgehead atoms. The Morgan fingerprint density at radius 1 is 1.28 bits per heavy atom. The molecule has 12 heteroatoms.